The fraction of sp³-hybridized carbons (Fsp3) is 0.636. The summed E-state index contributed by atoms with van der Waals surface area (Å²) in [5, 5.41) is 0. The molecule has 15 heavy (non-hydrogen) atoms. The lowest BCUT2D eigenvalue weighted by molar-refractivity contribution is 0.489. The quantitative estimate of drug-likeness (QED) is 0.831. The Labute approximate surface area is 88.9 Å². The Kier molecular flexibility index (Phi) is 3.14. The van der Waals surface area contributed by atoms with Crippen molar-refractivity contribution in [2.45, 2.75) is 38.5 Å². The molecule has 1 aliphatic carbocycles. The van der Waals surface area contributed by atoms with E-state index in [1.807, 2.05) is 0 Å². The van der Waals surface area contributed by atoms with Crippen LogP contribution in [0.4, 0.5) is 10.2 Å². The molecule has 0 spiro atoms. The van der Waals surface area contributed by atoms with E-state index in [2.05, 4.69) is 9.97 Å². The normalized spacial score (nSPS) is 17.1. The molecule has 1 fully saturated rings. The summed E-state index contributed by atoms with van der Waals surface area (Å²) in [5.41, 5.74) is 5.85. The first-order chi connectivity index (χ1) is 7.27. The van der Waals surface area contributed by atoms with Crippen LogP contribution in [0.2, 0.25) is 0 Å². The molecule has 0 unspecified atom stereocenters. The van der Waals surface area contributed by atoms with Crippen molar-refractivity contribution in [1.82, 2.24) is 9.97 Å². The molecule has 0 radical (unpaired) electrons. The smallest absolute Gasteiger partial charge is 0.186 e. The number of hydrogen-bond acceptors (Lipinski definition) is 3. The molecular weight excluding hydrogens is 193 g/mol. The van der Waals surface area contributed by atoms with Gasteiger partial charge in [-0.1, -0.05) is 25.7 Å². The molecule has 3 nitrogen and oxygen atoms in total. The fourth-order valence-electron chi connectivity index (χ4n) is 2.24. The van der Waals surface area contributed by atoms with Crippen LogP contribution in [0, 0.1) is 11.7 Å². The molecule has 0 saturated heterocycles. The van der Waals surface area contributed by atoms with Gasteiger partial charge in [0.25, 0.3) is 0 Å². The molecule has 1 saturated carbocycles. The maximum atomic E-state index is 13.4. The minimum atomic E-state index is -0.435. The molecule has 0 amide bonds. The Morgan fingerprint density at radius 3 is 2.80 bits per heavy atom. The Bertz CT molecular complexity index is 335. The third-order valence-electron chi connectivity index (χ3n) is 3.15. The largest absolute Gasteiger partial charge is 0.381 e. The molecule has 0 atom stereocenters. The van der Waals surface area contributed by atoms with E-state index >= 15 is 0 Å². The monoisotopic (exact) mass is 209 g/mol. The summed E-state index contributed by atoms with van der Waals surface area (Å²) in [7, 11) is 0. The average Bonchev–Trinajstić information content (AvgIpc) is 2.73. The molecule has 1 aromatic heterocycles. The second-order valence-electron chi connectivity index (χ2n) is 4.21. The van der Waals surface area contributed by atoms with Crippen molar-refractivity contribution in [1.29, 1.82) is 0 Å². The van der Waals surface area contributed by atoms with Gasteiger partial charge >= 0.3 is 0 Å². The lowest BCUT2D eigenvalue weighted by Gasteiger charge is -2.08. The molecular formula is C11H16FN3. The van der Waals surface area contributed by atoms with Gasteiger partial charge in [0, 0.05) is 0 Å². The molecule has 1 aromatic rings. The maximum Gasteiger partial charge on any atom is 0.186 e. The molecule has 0 aliphatic heterocycles. The van der Waals surface area contributed by atoms with Crippen LogP contribution in [0.3, 0.4) is 0 Å². The number of rotatable bonds is 3. The third-order valence-corrected chi connectivity index (χ3v) is 3.15. The Morgan fingerprint density at radius 1 is 1.33 bits per heavy atom. The summed E-state index contributed by atoms with van der Waals surface area (Å²) in [6.45, 7) is 0. The molecule has 2 rings (SSSR count). The van der Waals surface area contributed by atoms with Crippen molar-refractivity contribution < 1.29 is 4.39 Å². The van der Waals surface area contributed by atoms with Gasteiger partial charge in [0.2, 0.25) is 0 Å². The van der Waals surface area contributed by atoms with Crippen LogP contribution in [0.25, 0.3) is 0 Å². The lowest BCUT2D eigenvalue weighted by atomic mass is 10.0. The SMILES string of the molecule is Nc1ncnc(CCC2CCCC2)c1F. The molecule has 1 aliphatic rings. The minimum absolute atomic E-state index is 0.0357. The number of aromatic nitrogens is 2. The highest BCUT2D eigenvalue weighted by atomic mass is 19.1. The molecule has 2 N–H and O–H groups in total. The number of hydrogen-bond donors (Lipinski definition) is 1. The van der Waals surface area contributed by atoms with E-state index in [-0.39, 0.29) is 5.82 Å². The number of nitrogen functional groups attached to an aromatic ring is 1. The van der Waals surface area contributed by atoms with Gasteiger partial charge in [0.15, 0.2) is 11.6 Å². The van der Waals surface area contributed by atoms with E-state index in [1.54, 1.807) is 0 Å². The van der Waals surface area contributed by atoms with Crippen LogP contribution in [-0.4, -0.2) is 9.97 Å². The predicted molar refractivity (Wildman–Crippen MR) is 56.7 cm³/mol. The predicted octanol–water partition coefficient (Wildman–Crippen LogP) is 2.32. The second-order valence-corrected chi connectivity index (χ2v) is 4.21. The average molecular weight is 209 g/mol. The molecule has 0 aromatic carbocycles. The highest BCUT2D eigenvalue weighted by molar-refractivity contribution is 5.30. The Morgan fingerprint density at radius 2 is 2.07 bits per heavy atom. The number of halogens is 1. The van der Waals surface area contributed by atoms with Gasteiger partial charge in [-0.2, -0.15) is 0 Å². The minimum Gasteiger partial charge on any atom is -0.381 e. The highest BCUT2D eigenvalue weighted by Crippen LogP contribution is 2.28. The standard InChI is InChI=1S/C11H16FN3/c12-10-9(14-7-15-11(10)13)6-5-8-3-1-2-4-8/h7-8H,1-6H2,(H2,13,14,15). The van der Waals surface area contributed by atoms with Gasteiger partial charge in [0.05, 0.1) is 5.69 Å². The van der Waals surface area contributed by atoms with Gasteiger partial charge in [-0.25, -0.2) is 14.4 Å². The fourth-order valence-corrected chi connectivity index (χ4v) is 2.24. The van der Waals surface area contributed by atoms with Crippen LogP contribution >= 0.6 is 0 Å². The molecule has 4 heteroatoms. The summed E-state index contributed by atoms with van der Waals surface area (Å²) in [4.78, 5) is 7.54. The number of aryl methyl sites for hydroxylation is 1. The first-order valence-corrected chi connectivity index (χ1v) is 5.52. The summed E-state index contributed by atoms with van der Waals surface area (Å²) in [6.07, 6.45) is 8.24. The van der Waals surface area contributed by atoms with Crippen molar-refractivity contribution in [3.8, 4) is 0 Å². The van der Waals surface area contributed by atoms with Crippen molar-refractivity contribution >= 4 is 5.82 Å². The zero-order valence-corrected chi connectivity index (χ0v) is 8.75. The van der Waals surface area contributed by atoms with Crippen LogP contribution in [0.1, 0.15) is 37.8 Å². The van der Waals surface area contributed by atoms with Gasteiger partial charge in [0.1, 0.15) is 6.33 Å². The van der Waals surface area contributed by atoms with Crippen LogP contribution < -0.4 is 5.73 Å². The third kappa shape index (κ3) is 2.43. The van der Waals surface area contributed by atoms with E-state index in [4.69, 9.17) is 5.73 Å². The lowest BCUT2D eigenvalue weighted by Crippen LogP contribution is -2.05. The molecule has 0 bridgehead atoms. The van der Waals surface area contributed by atoms with Crippen molar-refractivity contribution in [3.63, 3.8) is 0 Å². The summed E-state index contributed by atoms with van der Waals surface area (Å²) >= 11 is 0. The number of anilines is 1. The topological polar surface area (TPSA) is 51.8 Å². The van der Waals surface area contributed by atoms with E-state index < -0.39 is 5.82 Å². The van der Waals surface area contributed by atoms with Gasteiger partial charge in [-0.15, -0.1) is 0 Å². The first-order valence-electron chi connectivity index (χ1n) is 5.52. The van der Waals surface area contributed by atoms with Crippen molar-refractivity contribution in [3.05, 3.63) is 17.8 Å². The Balaban J connectivity index is 1.95. The summed E-state index contributed by atoms with van der Waals surface area (Å²) < 4.78 is 13.4. The van der Waals surface area contributed by atoms with Crippen molar-refractivity contribution in [2.24, 2.45) is 5.92 Å². The van der Waals surface area contributed by atoms with Crippen LogP contribution in [0.5, 0.6) is 0 Å². The summed E-state index contributed by atoms with van der Waals surface area (Å²) in [5.74, 6) is 0.280. The van der Waals surface area contributed by atoms with Gasteiger partial charge < -0.3 is 5.73 Å². The second kappa shape index (κ2) is 4.55. The zero-order chi connectivity index (χ0) is 10.7. The Hall–Kier alpha value is -1.19. The summed E-state index contributed by atoms with van der Waals surface area (Å²) in [6, 6.07) is 0. The zero-order valence-electron chi connectivity index (χ0n) is 8.75. The maximum absolute atomic E-state index is 13.4. The van der Waals surface area contributed by atoms with E-state index in [0.29, 0.717) is 12.1 Å². The first kappa shape index (κ1) is 10.3. The van der Waals surface area contributed by atoms with E-state index in [9.17, 15) is 4.39 Å². The molecule has 1 heterocycles. The number of nitrogens with zero attached hydrogens (tertiary/aromatic N) is 2. The van der Waals surface area contributed by atoms with Crippen LogP contribution in [-0.2, 0) is 6.42 Å². The highest BCUT2D eigenvalue weighted by Gasteiger charge is 2.16. The van der Waals surface area contributed by atoms with E-state index in [0.717, 1.165) is 12.3 Å². The van der Waals surface area contributed by atoms with Gasteiger partial charge in [-0.3, -0.25) is 0 Å². The van der Waals surface area contributed by atoms with Crippen LogP contribution in [0.15, 0.2) is 6.33 Å². The molecule has 82 valence electrons. The van der Waals surface area contributed by atoms with E-state index in [1.165, 1.54) is 32.0 Å². The van der Waals surface area contributed by atoms with Crippen molar-refractivity contribution in [2.75, 3.05) is 5.73 Å². The number of nitrogens with two attached hydrogens (primary N) is 1. The van der Waals surface area contributed by atoms with Gasteiger partial charge in [-0.05, 0) is 18.8 Å².